The molecule has 9 N–H and O–H groups in total. The summed E-state index contributed by atoms with van der Waals surface area (Å²) < 4.78 is 0. The molecule has 2 aromatic heterocycles. The molecule has 0 radical (unpaired) electrons. The largest absolute Gasteiger partial charge is 0.508 e. The molecule has 0 unspecified atom stereocenters. The van der Waals surface area contributed by atoms with Gasteiger partial charge in [0.05, 0.1) is 11.4 Å². The molecule has 50 heavy (non-hydrogen) atoms. The summed E-state index contributed by atoms with van der Waals surface area (Å²) in [5, 5.41) is 41.0. The Morgan fingerprint density at radius 1 is 0.580 bits per heavy atom. The fraction of sp³-hybridized carbons (Fsp3) is 0.135. The first-order valence-corrected chi connectivity index (χ1v) is 15.8. The predicted molar refractivity (Wildman–Crippen MR) is 200 cm³/mol. The smallest absolute Gasteiger partial charge is 0.318 e. The van der Waals surface area contributed by atoms with Crippen LogP contribution in [0.3, 0.4) is 0 Å². The van der Waals surface area contributed by atoms with Gasteiger partial charge in [-0.15, -0.1) is 0 Å². The van der Waals surface area contributed by atoms with Crippen LogP contribution in [0.25, 0.3) is 22.5 Å². The van der Waals surface area contributed by atoms with Crippen LogP contribution in [0, 0.1) is 20.8 Å². The highest BCUT2D eigenvalue weighted by atomic mass is 16.3. The summed E-state index contributed by atoms with van der Waals surface area (Å²) >= 11 is 0. The van der Waals surface area contributed by atoms with Gasteiger partial charge in [-0.1, -0.05) is 29.8 Å². The Morgan fingerprint density at radius 3 is 1.40 bits per heavy atom. The molecular weight excluding hydrogens is 632 g/mol. The van der Waals surface area contributed by atoms with Crippen LogP contribution in [-0.2, 0) is 0 Å². The normalized spacial score (nSPS) is 10.3. The molecule has 0 spiro atoms. The first-order chi connectivity index (χ1) is 24.1. The molecular formula is C37H40N10O3. The lowest BCUT2D eigenvalue weighted by molar-refractivity contribution is 0.253. The minimum absolute atomic E-state index is 0.225. The van der Waals surface area contributed by atoms with Crippen LogP contribution >= 0.6 is 0 Å². The first kappa shape index (κ1) is 34.6. The molecule has 0 saturated carbocycles. The summed E-state index contributed by atoms with van der Waals surface area (Å²) in [6.07, 6.45) is 0. The molecule has 0 bridgehead atoms. The van der Waals surface area contributed by atoms with E-state index in [1.165, 1.54) is 5.56 Å². The number of hydrogen-bond acceptors (Lipinski definition) is 7. The Labute approximate surface area is 289 Å². The quantitative estimate of drug-likeness (QED) is 0.0791. The third kappa shape index (κ3) is 9.19. The number of aromatic nitrogens is 4. The maximum absolute atomic E-state index is 11.4. The zero-order chi connectivity index (χ0) is 35.6. The Balaban J connectivity index is 0.000000194. The lowest BCUT2D eigenvalue weighted by atomic mass is 10.1. The number of aromatic hydroxyl groups is 1. The van der Waals surface area contributed by atoms with E-state index in [-0.39, 0.29) is 17.8 Å². The zero-order valence-electron chi connectivity index (χ0n) is 28.4. The number of rotatable bonds is 8. The SMILES string of the molecule is CNC(=O)Nc1ccc(Nc2cc(-c3ccc(C)cc3)[nH]n2)c(C)c1.CNC(=O)Nc1ccc(Nc2cc(-c3ccc(O)cc3)[nH]n2)c(C)c1. The number of urea groups is 2. The van der Waals surface area contributed by atoms with Crippen molar-refractivity contribution in [3.8, 4) is 28.3 Å². The van der Waals surface area contributed by atoms with Gasteiger partial charge in [-0.2, -0.15) is 10.2 Å². The lowest BCUT2D eigenvalue weighted by Crippen LogP contribution is -2.24. The number of benzene rings is 4. The van der Waals surface area contributed by atoms with E-state index in [2.05, 4.69) is 83.5 Å². The van der Waals surface area contributed by atoms with E-state index in [0.29, 0.717) is 11.5 Å². The highest BCUT2D eigenvalue weighted by Crippen LogP contribution is 2.28. The van der Waals surface area contributed by atoms with Gasteiger partial charge in [0.25, 0.3) is 0 Å². The molecule has 0 fully saturated rings. The molecule has 4 aromatic carbocycles. The van der Waals surface area contributed by atoms with Gasteiger partial charge in [0.15, 0.2) is 11.6 Å². The number of nitrogens with one attached hydrogen (secondary N) is 8. The highest BCUT2D eigenvalue weighted by molar-refractivity contribution is 5.90. The number of H-pyrrole nitrogens is 2. The highest BCUT2D eigenvalue weighted by Gasteiger charge is 2.09. The molecule has 0 aliphatic carbocycles. The summed E-state index contributed by atoms with van der Waals surface area (Å²) in [5.74, 6) is 1.64. The van der Waals surface area contributed by atoms with Gasteiger partial charge < -0.3 is 37.0 Å². The van der Waals surface area contributed by atoms with Crippen molar-refractivity contribution in [3.05, 3.63) is 114 Å². The summed E-state index contributed by atoms with van der Waals surface area (Å²) in [6, 6.07) is 29.8. The van der Waals surface area contributed by atoms with Crippen molar-refractivity contribution < 1.29 is 14.7 Å². The second kappa shape index (κ2) is 15.9. The maximum Gasteiger partial charge on any atom is 0.318 e. The number of aryl methyl sites for hydroxylation is 3. The molecule has 2 heterocycles. The topological polar surface area (TPSA) is 184 Å². The average molecular weight is 673 g/mol. The van der Waals surface area contributed by atoms with Crippen molar-refractivity contribution in [1.29, 1.82) is 0 Å². The molecule has 13 nitrogen and oxygen atoms in total. The van der Waals surface area contributed by atoms with Gasteiger partial charge in [0.2, 0.25) is 0 Å². The van der Waals surface area contributed by atoms with Crippen molar-refractivity contribution in [2.45, 2.75) is 20.8 Å². The number of phenolic OH excluding ortho intramolecular Hbond substituents is 1. The molecule has 0 aliphatic rings. The van der Waals surface area contributed by atoms with Crippen LogP contribution in [0.5, 0.6) is 5.75 Å². The number of hydrogen-bond donors (Lipinski definition) is 9. The Morgan fingerprint density at radius 2 is 1.00 bits per heavy atom. The molecule has 4 amide bonds. The minimum Gasteiger partial charge on any atom is -0.508 e. The molecule has 256 valence electrons. The molecule has 0 aliphatic heterocycles. The number of carbonyl (C=O) groups excluding carboxylic acids is 2. The Bertz CT molecular complexity index is 1920. The summed E-state index contributed by atoms with van der Waals surface area (Å²) in [4.78, 5) is 22.7. The molecule has 13 heteroatoms. The standard InChI is InChI=1S/C19H21N5O.C18H19N5O2/c1-12-4-6-14(7-5-12)17-11-18(24-23-17)22-16-9-8-15(10-13(16)2)21-19(25)20-3;1-11-9-13(20-18(25)19-2)5-8-15(11)21-17-10-16(22-23-17)12-3-6-14(24)7-4-12/h4-11H,1-3H3,(H2,20,21,25)(H2,22,23,24);3-10,24H,1-2H3,(H2,19,20,25)(H2,21,22,23). The van der Waals surface area contributed by atoms with Gasteiger partial charge in [0, 0.05) is 49.0 Å². The van der Waals surface area contributed by atoms with Crippen LogP contribution in [0.15, 0.2) is 97.1 Å². The van der Waals surface area contributed by atoms with Gasteiger partial charge in [-0.3, -0.25) is 10.2 Å². The second-order valence-electron chi connectivity index (χ2n) is 11.5. The van der Waals surface area contributed by atoms with E-state index >= 15 is 0 Å². The van der Waals surface area contributed by atoms with Crippen molar-refractivity contribution in [2.24, 2.45) is 0 Å². The molecule has 6 aromatic rings. The van der Waals surface area contributed by atoms with Gasteiger partial charge in [-0.25, -0.2) is 9.59 Å². The van der Waals surface area contributed by atoms with Crippen molar-refractivity contribution in [3.63, 3.8) is 0 Å². The Hall–Kier alpha value is -6.76. The number of amides is 4. The zero-order valence-corrected chi connectivity index (χ0v) is 28.4. The molecule has 6 rings (SSSR count). The predicted octanol–water partition coefficient (Wildman–Crippen LogP) is 7.77. The number of aromatic amines is 2. The third-order valence-electron chi connectivity index (χ3n) is 7.64. The van der Waals surface area contributed by atoms with Crippen LogP contribution in [0.4, 0.5) is 44.0 Å². The number of nitrogens with zero attached hydrogens (tertiary/aromatic N) is 2. The van der Waals surface area contributed by atoms with E-state index in [0.717, 1.165) is 56.5 Å². The average Bonchev–Trinajstić information content (AvgIpc) is 3.78. The van der Waals surface area contributed by atoms with E-state index in [9.17, 15) is 14.7 Å². The number of carbonyl (C=O) groups is 2. The van der Waals surface area contributed by atoms with E-state index < -0.39 is 0 Å². The summed E-state index contributed by atoms with van der Waals surface area (Å²) in [5.41, 5.74) is 10.3. The van der Waals surface area contributed by atoms with Crippen molar-refractivity contribution in [1.82, 2.24) is 31.0 Å². The molecule has 0 atom stereocenters. The number of anilines is 6. The van der Waals surface area contributed by atoms with Crippen LogP contribution in [0.2, 0.25) is 0 Å². The minimum atomic E-state index is -0.258. The fourth-order valence-electron chi connectivity index (χ4n) is 4.87. The van der Waals surface area contributed by atoms with E-state index in [1.807, 2.05) is 74.5 Å². The van der Waals surface area contributed by atoms with E-state index in [1.54, 1.807) is 26.2 Å². The van der Waals surface area contributed by atoms with Crippen LogP contribution in [0.1, 0.15) is 16.7 Å². The van der Waals surface area contributed by atoms with Gasteiger partial charge in [0.1, 0.15) is 5.75 Å². The number of phenols is 1. The second-order valence-corrected chi connectivity index (χ2v) is 11.5. The third-order valence-corrected chi connectivity index (χ3v) is 7.64. The van der Waals surface area contributed by atoms with Crippen molar-refractivity contribution in [2.75, 3.05) is 35.4 Å². The maximum atomic E-state index is 11.4. The fourth-order valence-corrected chi connectivity index (χ4v) is 4.87. The summed E-state index contributed by atoms with van der Waals surface area (Å²) in [7, 11) is 3.16. The first-order valence-electron chi connectivity index (χ1n) is 15.8. The van der Waals surface area contributed by atoms with E-state index in [4.69, 9.17) is 0 Å². The van der Waals surface area contributed by atoms with Gasteiger partial charge in [-0.05, 0) is 104 Å². The van der Waals surface area contributed by atoms with Crippen molar-refractivity contribution >= 4 is 46.4 Å². The summed E-state index contributed by atoms with van der Waals surface area (Å²) in [6.45, 7) is 5.99. The molecule has 0 saturated heterocycles. The Kier molecular flexibility index (Phi) is 11.0. The van der Waals surface area contributed by atoms with Gasteiger partial charge >= 0.3 is 12.1 Å². The van der Waals surface area contributed by atoms with Crippen LogP contribution < -0.4 is 31.9 Å². The lowest BCUT2D eigenvalue weighted by Gasteiger charge is -2.10. The monoisotopic (exact) mass is 672 g/mol. The van der Waals surface area contributed by atoms with Crippen LogP contribution in [-0.4, -0.2) is 51.7 Å².